The average molecular weight is 287 g/mol. The van der Waals surface area contributed by atoms with Crippen LogP contribution in [0.3, 0.4) is 0 Å². The van der Waals surface area contributed by atoms with Crippen LogP contribution in [0.5, 0.6) is 0 Å². The topological polar surface area (TPSA) is 75.3 Å². The summed E-state index contributed by atoms with van der Waals surface area (Å²) in [6.07, 6.45) is 0.861. The maximum Gasteiger partial charge on any atom is 0.321 e. The van der Waals surface area contributed by atoms with Crippen molar-refractivity contribution in [2.45, 2.75) is 12.5 Å². The number of nitrogens with one attached hydrogen (secondary N) is 1. The van der Waals surface area contributed by atoms with E-state index in [0.717, 1.165) is 17.4 Å². The first-order valence-electron chi connectivity index (χ1n) is 5.03. The summed E-state index contributed by atoms with van der Waals surface area (Å²) in [5.41, 5.74) is 6.56. The Labute approximate surface area is 103 Å². The standard InChI is InChI=1S/C11H15BrN2O2/c12-9-3-1-8(2-4-9)5-6-14-7-10(13)11(15)16/h1-4,10,14H,5-7,13H2,(H,15,16). The number of nitrogens with two attached hydrogens (primary N) is 1. The van der Waals surface area contributed by atoms with Gasteiger partial charge < -0.3 is 16.2 Å². The fourth-order valence-electron chi connectivity index (χ4n) is 1.23. The van der Waals surface area contributed by atoms with Crippen molar-refractivity contribution in [2.75, 3.05) is 13.1 Å². The highest BCUT2D eigenvalue weighted by Crippen LogP contribution is 2.10. The van der Waals surface area contributed by atoms with Crippen molar-refractivity contribution in [1.82, 2.24) is 5.32 Å². The van der Waals surface area contributed by atoms with Crippen molar-refractivity contribution in [3.8, 4) is 0 Å². The van der Waals surface area contributed by atoms with E-state index in [-0.39, 0.29) is 0 Å². The van der Waals surface area contributed by atoms with E-state index in [1.165, 1.54) is 5.56 Å². The zero-order valence-corrected chi connectivity index (χ0v) is 10.4. The molecule has 0 aliphatic rings. The van der Waals surface area contributed by atoms with Gasteiger partial charge in [-0.3, -0.25) is 4.79 Å². The minimum atomic E-state index is -0.976. The number of rotatable bonds is 6. The molecule has 0 radical (unpaired) electrons. The lowest BCUT2D eigenvalue weighted by molar-refractivity contribution is -0.138. The van der Waals surface area contributed by atoms with E-state index >= 15 is 0 Å². The number of aliphatic carboxylic acids is 1. The first kappa shape index (κ1) is 13.2. The van der Waals surface area contributed by atoms with Gasteiger partial charge in [0.05, 0.1) is 0 Å². The van der Waals surface area contributed by atoms with Crippen molar-refractivity contribution >= 4 is 21.9 Å². The van der Waals surface area contributed by atoms with E-state index in [2.05, 4.69) is 21.2 Å². The summed E-state index contributed by atoms with van der Waals surface area (Å²) in [6, 6.07) is 7.20. The van der Waals surface area contributed by atoms with E-state index in [0.29, 0.717) is 6.54 Å². The summed E-state index contributed by atoms with van der Waals surface area (Å²) < 4.78 is 1.05. The zero-order valence-electron chi connectivity index (χ0n) is 8.82. The number of hydrogen-bond donors (Lipinski definition) is 3. The van der Waals surface area contributed by atoms with Gasteiger partial charge in [0.1, 0.15) is 6.04 Å². The molecule has 1 unspecified atom stereocenters. The molecule has 0 aromatic heterocycles. The SMILES string of the molecule is NC(CNCCc1ccc(Br)cc1)C(=O)O. The lowest BCUT2D eigenvalue weighted by atomic mass is 10.1. The molecule has 88 valence electrons. The maximum absolute atomic E-state index is 10.4. The fourth-order valence-corrected chi connectivity index (χ4v) is 1.49. The molecule has 4 N–H and O–H groups in total. The first-order chi connectivity index (χ1) is 7.59. The fraction of sp³-hybridized carbons (Fsp3) is 0.364. The monoisotopic (exact) mass is 286 g/mol. The first-order valence-corrected chi connectivity index (χ1v) is 5.82. The predicted molar refractivity (Wildman–Crippen MR) is 66.3 cm³/mol. The van der Waals surface area contributed by atoms with Crippen LogP contribution in [0.25, 0.3) is 0 Å². The second-order valence-corrected chi connectivity index (χ2v) is 4.44. The van der Waals surface area contributed by atoms with Gasteiger partial charge in [-0.05, 0) is 30.7 Å². The van der Waals surface area contributed by atoms with Crippen LogP contribution in [0.4, 0.5) is 0 Å². The van der Waals surface area contributed by atoms with Gasteiger partial charge in [-0.2, -0.15) is 0 Å². The van der Waals surface area contributed by atoms with Gasteiger partial charge >= 0.3 is 5.97 Å². The molecular weight excluding hydrogens is 272 g/mol. The number of carboxylic acid groups (broad SMARTS) is 1. The van der Waals surface area contributed by atoms with Crippen molar-refractivity contribution in [3.05, 3.63) is 34.3 Å². The van der Waals surface area contributed by atoms with Crippen molar-refractivity contribution in [3.63, 3.8) is 0 Å². The summed E-state index contributed by atoms with van der Waals surface area (Å²) in [7, 11) is 0. The maximum atomic E-state index is 10.4. The van der Waals surface area contributed by atoms with Crippen molar-refractivity contribution < 1.29 is 9.90 Å². The van der Waals surface area contributed by atoms with Gasteiger partial charge in [-0.1, -0.05) is 28.1 Å². The van der Waals surface area contributed by atoms with E-state index in [9.17, 15) is 4.79 Å². The molecule has 5 heteroatoms. The van der Waals surface area contributed by atoms with Crippen molar-refractivity contribution in [2.24, 2.45) is 5.73 Å². The smallest absolute Gasteiger partial charge is 0.321 e. The van der Waals surface area contributed by atoms with E-state index in [4.69, 9.17) is 10.8 Å². The number of carbonyl (C=O) groups is 1. The zero-order chi connectivity index (χ0) is 12.0. The lowest BCUT2D eigenvalue weighted by Crippen LogP contribution is -2.40. The molecule has 0 amide bonds. The van der Waals surface area contributed by atoms with Crippen LogP contribution in [0.15, 0.2) is 28.7 Å². The molecule has 0 saturated carbocycles. The van der Waals surface area contributed by atoms with Crippen LogP contribution in [0.1, 0.15) is 5.56 Å². The minimum absolute atomic E-state index is 0.297. The van der Waals surface area contributed by atoms with Gasteiger partial charge in [0.2, 0.25) is 0 Å². The minimum Gasteiger partial charge on any atom is -0.480 e. The number of halogens is 1. The Morgan fingerprint density at radius 3 is 2.62 bits per heavy atom. The van der Waals surface area contributed by atoms with Gasteiger partial charge in [-0.25, -0.2) is 0 Å². The number of hydrogen-bond acceptors (Lipinski definition) is 3. The molecule has 4 nitrogen and oxygen atoms in total. The summed E-state index contributed by atoms with van der Waals surface area (Å²) in [5, 5.41) is 11.6. The van der Waals surface area contributed by atoms with Crippen LogP contribution >= 0.6 is 15.9 Å². The molecule has 0 aliphatic carbocycles. The molecule has 1 atom stereocenters. The predicted octanol–water partition coefficient (Wildman–Crippen LogP) is 0.993. The number of carboxylic acids is 1. The molecule has 0 bridgehead atoms. The Balaban J connectivity index is 2.21. The Hall–Kier alpha value is -0.910. The Kier molecular flexibility index (Phi) is 5.45. The molecule has 1 aromatic carbocycles. The van der Waals surface area contributed by atoms with Crippen LogP contribution in [0.2, 0.25) is 0 Å². The van der Waals surface area contributed by atoms with Crippen molar-refractivity contribution in [1.29, 1.82) is 0 Å². The quantitative estimate of drug-likeness (QED) is 0.682. The summed E-state index contributed by atoms with van der Waals surface area (Å²) >= 11 is 3.36. The molecule has 0 heterocycles. The van der Waals surface area contributed by atoms with Gasteiger partial charge in [-0.15, -0.1) is 0 Å². The van der Waals surface area contributed by atoms with Crippen LogP contribution < -0.4 is 11.1 Å². The van der Waals surface area contributed by atoms with Gasteiger partial charge in [0, 0.05) is 11.0 Å². The number of benzene rings is 1. The van der Waals surface area contributed by atoms with E-state index < -0.39 is 12.0 Å². The molecule has 1 rings (SSSR count). The molecular formula is C11H15BrN2O2. The highest BCUT2D eigenvalue weighted by molar-refractivity contribution is 9.10. The van der Waals surface area contributed by atoms with E-state index in [1.54, 1.807) is 0 Å². The molecule has 0 aliphatic heterocycles. The Morgan fingerprint density at radius 2 is 2.06 bits per heavy atom. The van der Waals surface area contributed by atoms with Gasteiger partial charge in [0.15, 0.2) is 0 Å². The summed E-state index contributed by atoms with van der Waals surface area (Å²) in [5.74, 6) is -0.976. The molecule has 0 spiro atoms. The second kappa shape index (κ2) is 6.62. The van der Waals surface area contributed by atoms with Crippen LogP contribution in [-0.4, -0.2) is 30.2 Å². The molecule has 16 heavy (non-hydrogen) atoms. The third-order valence-corrected chi connectivity index (χ3v) is 2.71. The van der Waals surface area contributed by atoms with Crippen LogP contribution in [0, 0.1) is 0 Å². The van der Waals surface area contributed by atoms with Crippen LogP contribution in [-0.2, 0) is 11.2 Å². The molecule has 0 saturated heterocycles. The second-order valence-electron chi connectivity index (χ2n) is 3.53. The third-order valence-electron chi connectivity index (χ3n) is 2.19. The molecule has 0 fully saturated rings. The molecule has 1 aromatic rings. The van der Waals surface area contributed by atoms with E-state index in [1.807, 2.05) is 24.3 Å². The third kappa shape index (κ3) is 4.74. The Morgan fingerprint density at radius 1 is 1.44 bits per heavy atom. The highest BCUT2D eigenvalue weighted by atomic mass is 79.9. The largest absolute Gasteiger partial charge is 0.480 e. The lowest BCUT2D eigenvalue weighted by Gasteiger charge is -2.08. The normalized spacial score (nSPS) is 12.4. The highest BCUT2D eigenvalue weighted by Gasteiger charge is 2.09. The Bertz CT molecular complexity index is 340. The average Bonchev–Trinajstić information content (AvgIpc) is 2.26. The summed E-state index contributed by atoms with van der Waals surface area (Å²) in [4.78, 5) is 10.4. The van der Waals surface area contributed by atoms with Gasteiger partial charge in [0.25, 0.3) is 0 Å². The summed E-state index contributed by atoms with van der Waals surface area (Å²) in [6.45, 7) is 1.02.